The maximum atomic E-state index is 12.0. The van der Waals surface area contributed by atoms with Crippen molar-refractivity contribution >= 4 is 28.9 Å². The normalized spacial score (nSPS) is 22.4. The fourth-order valence-corrected chi connectivity index (χ4v) is 3.28. The molecule has 5 heteroatoms. The molecule has 1 saturated heterocycles. The van der Waals surface area contributed by atoms with E-state index in [9.17, 15) is 4.79 Å². The van der Waals surface area contributed by atoms with E-state index in [4.69, 9.17) is 0 Å². The van der Waals surface area contributed by atoms with Gasteiger partial charge in [0, 0.05) is 0 Å². The first-order valence-electron chi connectivity index (χ1n) is 6.86. The van der Waals surface area contributed by atoms with Gasteiger partial charge in [0.15, 0.2) is 5.17 Å². The fraction of sp³-hybridized carbons (Fsp3) is 0.333. The second-order valence-electron chi connectivity index (χ2n) is 5.17. The summed E-state index contributed by atoms with van der Waals surface area (Å²) < 4.78 is 0. The third kappa shape index (κ3) is 2.94. The van der Waals surface area contributed by atoms with Crippen molar-refractivity contribution in [1.82, 2.24) is 4.90 Å². The molecule has 2 aliphatic heterocycles. The van der Waals surface area contributed by atoms with E-state index in [0.29, 0.717) is 0 Å². The van der Waals surface area contributed by atoms with Crippen molar-refractivity contribution in [3.63, 3.8) is 0 Å². The van der Waals surface area contributed by atoms with Crippen LogP contribution in [0.25, 0.3) is 6.08 Å². The Morgan fingerprint density at radius 3 is 2.65 bits per heavy atom. The molecular weight excluding hydrogens is 270 g/mol. The molecule has 0 bridgehead atoms. The van der Waals surface area contributed by atoms with Crippen LogP contribution < -0.4 is 4.90 Å². The quantitative estimate of drug-likeness (QED) is 0.764. The van der Waals surface area contributed by atoms with E-state index >= 15 is 0 Å². The summed E-state index contributed by atoms with van der Waals surface area (Å²) in [5.74, 6) is -0.111. The van der Waals surface area contributed by atoms with Crippen LogP contribution in [0.2, 0.25) is 0 Å². The molecule has 1 amide bonds. The third-order valence-electron chi connectivity index (χ3n) is 3.59. The van der Waals surface area contributed by atoms with Crippen LogP contribution in [0.4, 0.5) is 0 Å². The summed E-state index contributed by atoms with van der Waals surface area (Å²) in [5.41, 5.74) is 1.04. The highest BCUT2D eigenvalue weighted by Crippen LogP contribution is 2.30. The van der Waals surface area contributed by atoms with Crippen molar-refractivity contribution in [3.05, 3.63) is 40.8 Å². The van der Waals surface area contributed by atoms with Crippen molar-refractivity contribution in [3.8, 4) is 0 Å². The number of amidine groups is 1. The summed E-state index contributed by atoms with van der Waals surface area (Å²) in [6, 6.07) is 9.92. The van der Waals surface area contributed by atoms with E-state index in [1.54, 1.807) is 0 Å². The monoisotopic (exact) mass is 288 g/mol. The Labute approximate surface area is 123 Å². The number of hydrogen-bond donors (Lipinski definition) is 1. The van der Waals surface area contributed by atoms with E-state index < -0.39 is 0 Å². The van der Waals surface area contributed by atoms with E-state index in [0.717, 1.165) is 41.8 Å². The molecule has 20 heavy (non-hydrogen) atoms. The second-order valence-corrected chi connectivity index (χ2v) is 6.17. The summed E-state index contributed by atoms with van der Waals surface area (Å²) in [7, 11) is 2.20. The number of quaternary nitrogens is 1. The molecule has 3 rings (SSSR count). The van der Waals surface area contributed by atoms with Gasteiger partial charge in [0.2, 0.25) is 0 Å². The first-order chi connectivity index (χ1) is 9.72. The van der Waals surface area contributed by atoms with Crippen LogP contribution in [0.15, 0.2) is 40.2 Å². The van der Waals surface area contributed by atoms with Gasteiger partial charge in [0.05, 0.1) is 38.1 Å². The van der Waals surface area contributed by atoms with Crippen molar-refractivity contribution in [2.45, 2.75) is 0 Å². The molecule has 104 valence electrons. The fourth-order valence-electron chi connectivity index (χ4n) is 2.31. The average molecular weight is 288 g/mol. The Morgan fingerprint density at radius 2 is 1.95 bits per heavy atom. The number of nitrogens with one attached hydrogen (secondary N) is 1. The van der Waals surface area contributed by atoms with E-state index in [2.05, 4.69) is 16.9 Å². The van der Waals surface area contributed by atoms with Gasteiger partial charge in [-0.1, -0.05) is 30.3 Å². The summed E-state index contributed by atoms with van der Waals surface area (Å²) in [6.07, 6.45) is 1.92. The highest BCUT2D eigenvalue weighted by Gasteiger charge is 2.28. The predicted octanol–water partition coefficient (Wildman–Crippen LogP) is 0.487. The molecular formula is C15H18N3OS+. The Balaban J connectivity index is 1.71. The second kappa shape index (κ2) is 5.81. The van der Waals surface area contributed by atoms with E-state index in [-0.39, 0.29) is 5.91 Å². The van der Waals surface area contributed by atoms with Crippen LogP contribution in [0.1, 0.15) is 5.56 Å². The Hall–Kier alpha value is -1.59. The molecule has 0 aromatic heterocycles. The van der Waals surface area contributed by atoms with Crippen molar-refractivity contribution in [1.29, 1.82) is 0 Å². The first-order valence-corrected chi connectivity index (χ1v) is 7.68. The maximum Gasteiger partial charge on any atom is 0.286 e. The Bertz CT molecular complexity index is 560. The van der Waals surface area contributed by atoms with Crippen LogP contribution in [-0.2, 0) is 4.79 Å². The highest BCUT2D eigenvalue weighted by molar-refractivity contribution is 8.18. The van der Waals surface area contributed by atoms with Gasteiger partial charge in [-0.3, -0.25) is 4.79 Å². The number of carbonyl (C=O) groups is 1. The van der Waals surface area contributed by atoms with Gasteiger partial charge in [-0.25, -0.2) is 0 Å². The summed E-state index contributed by atoms with van der Waals surface area (Å²) in [6.45, 7) is 4.16. The van der Waals surface area contributed by atoms with E-state index in [1.165, 1.54) is 16.7 Å². The lowest BCUT2D eigenvalue weighted by Crippen LogP contribution is -3.12. The molecule has 4 nitrogen and oxygen atoms in total. The zero-order chi connectivity index (χ0) is 13.9. The number of likely N-dealkylation sites (N-methyl/N-ethyl adjacent to an activating group) is 1. The van der Waals surface area contributed by atoms with Gasteiger partial charge in [-0.2, -0.15) is 4.99 Å². The summed E-state index contributed by atoms with van der Waals surface area (Å²) in [4.78, 5) is 20.7. The van der Waals surface area contributed by atoms with Gasteiger partial charge in [0.25, 0.3) is 5.91 Å². The first kappa shape index (κ1) is 13.4. The number of amides is 1. The van der Waals surface area contributed by atoms with Gasteiger partial charge in [-0.15, -0.1) is 0 Å². The smallest absolute Gasteiger partial charge is 0.286 e. The third-order valence-corrected chi connectivity index (χ3v) is 4.64. The molecule has 2 aliphatic rings. The average Bonchev–Trinajstić information content (AvgIpc) is 2.82. The molecule has 1 aromatic carbocycles. The molecule has 0 spiro atoms. The predicted molar refractivity (Wildman–Crippen MR) is 82.6 cm³/mol. The number of nitrogens with zero attached hydrogens (tertiary/aromatic N) is 2. The van der Waals surface area contributed by atoms with Gasteiger partial charge in [-0.05, 0) is 23.4 Å². The van der Waals surface area contributed by atoms with Gasteiger partial charge < -0.3 is 9.80 Å². The number of piperazine rings is 1. The number of carbonyl (C=O) groups excluding carboxylic acids is 1. The Morgan fingerprint density at radius 1 is 1.25 bits per heavy atom. The summed E-state index contributed by atoms with van der Waals surface area (Å²) >= 11 is 1.50. The molecule has 1 aromatic rings. The van der Waals surface area contributed by atoms with Crippen LogP contribution in [0, 0.1) is 0 Å². The molecule has 1 N–H and O–H groups in total. The van der Waals surface area contributed by atoms with Crippen molar-refractivity contribution < 1.29 is 9.69 Å². The molecule has 0 unspecified atom stereocenters. The molecule has 2 heterocycles. The highest BCUT2D eigenvalue weighted by atomic mass is 32.2. The van der Waals surface area contributed by atoms with Crippen LogP contribution in [0.5, 0.6) is 0 Å². The van der Waals surface area contributed by atoms with Crippen LogP contribution >= 0.6 is 11.8 Å². The molecule has 0 atom stereocenters. The molecule has 0 radical (unpaired) electrons. The van der Waals surface area contributed by atoms with Gasteiger partial charge >= 0.3 is 0 Å². The maximum absolute atomic E-state index is 12.0. The topological polar surface area (TPSA) is 37.1 Å². The molecule has 1 fully saturated rings. The van der Waals surface area contributed by atoms with Crippen molar-refractivity contribution in [2.75, 3.05) is 33.2 Å². The van der Waals surface area contributed by atoms with Crippen molar-refractivity contribution in [2.24, 2.45) is 4.99 Å². The van der Waals surface area contributed by atoms with Gasteiger partial charge in [0.1, 0.15) is 0 Å². The molecule has 0 aliphatic carbocycles. The lowest BCUT2D eigenvalue weighted by atomic mass is 10.2. The van der Waals surface area contributed by atoms with Crippen LogP contribution in [-0.4, -0.2) is 49.2 Å². The SMILES string of the molecule is C[NH+]1CCN(C2=NC(=O)/C(=C\c3ccccc3)S2)CC1. The number of hydrogen-bond acceptors (Lipinski definition) is 3. The van der Waals surface area contributed by atoms with Crippen LogP contribution in [0.3, 0.4) is 0 Å². The number of benzene rings is 1. The number of thioether (sulfide) groups is 1. The standard InChI is InChI=1S/C15H17N3OS/c1-17-7-9-18(10-8-17)15-16-14(19)13(20-15)11-12-5-3-2-4-6-12/h2-6,11H,7-10H2,1H3/p+1/b13-11+. The largest absolute Gasteiger partial charge is 0.339 e. The molecule has 0 saturated carbocycles. The lowest BCUT2D eigenvalue weighted by molar-refractivity contribution is -0.883. The summed E-state index contributed by atoms with van der Waals surface area (Å²) in [5, 5.41) is 0.865. The van der Waals surface area contributed by atoms with E-state index in [1.807, 2.05) is 36.4 Å². The minimum atomic E-state index is -0.111. The number of aliphatic imine (C=N–C) groups is 1. The lowest BCUT2D eigenvalue weighted by Gasteiger charge is -2.30. The Kier molecular flexibility index (Phi) is 3.89. The zero-order valence-electron chi connectivity index (χ0n) is 11.5. The minimum absolute atomic E-state index is 0.111. The minimum Gasteiger partial charge on any atom is -0.339 e. The zero-order valence-corrected chi connectivity index (χ0v) is 12.3. The number of rotatable bonds is 1.